The summed E-state index contributed by atoms with van der Waals surface area (Å²) in [5.74, 6) is 0.435. The van der Waals surface area contributed by atoms with Crippen molar-refractivity contribution in [1.29, 1.82) is 0 Å². The van der Waals surface area contributed by atoms with Gasteiger partial charge in [-0.1, -0.05) is 38.6 Å². The molecule has 7 heteroatoms. The second-order valence-corrected chi connectivity index (χ2v) is 6.31. The van der Waals surface area contributed by atoms with E-state index in [0.717, 1.165) is 21.6 Å². The van der Waals surface area contributed by atoms with E-state index in [0.29, 0.717) is 22.0 Å². The Morgan fingerprint density at radius 2 is 2.00 bits per heavy atom. The summed E-state index contributed by atoms with van der Waals surface area (Å²) in [4.78, 5) is 13.0. The van der Waals surface area contributed by atoms with Gasteiger partial charge in [0.25, 0.3) is 5.91 Å². The van der Waals surface area contributed by atoms with Gasteiger partial charge in [0.15, 0.2) is 0 Å². The van der Waals surface area contributed by atoms with Gasteiger partial charge in [-0.2, -0.15) is 0 Å². The van der Waals surface area contributed by atoms with Crippen LogP contribution in [0.1, 0.15) is 9.67 Å². The van der Waals surface area contributed by atoms with Crippen molar-refractivity contribution in [3.05, 3.63) is 57.9 Å². The summed E-state index contributed by atoms with van der Waals surface area (Å²) in [6.07, 6.45) is 0. The fraction of sp³-hybridized carbons (Fsp3) is 0.0625. The first kappa shape index (κ1) is 15.6. The van der Waals surface area contributed by atoms with Crippen LogP contribution in [0.5, 0.6) is 5.75 Å². The van der Waals surface area contributed by atoms with Gasteiger partial charge in [-0.25, -0.2) is 0 Å². The maximum atomic E-state index is 12.5. The molecule has 0 aliphatic rings. The van der Waals surface area contributed by atoms with E-state index < -0.39 is 0 Å². The van der Waals surface area contributed by atoms with E-state index in [4.69, 9.17) is 4.74 Å². The number of halogens is 1. The van der Waals surface area contributed by atoms with Gasteiger partial charge in [-0.15, -0.1) is 5.10 Å². The van der Waals surface area contributed by atoms with Gasteiger partial charge in [-0.05, 0) is 35.8 Å². The molecule has 3 aromatic rings. The Morgan fingerprint density at radius 3 is 2.74 bits per heavy atom. The van der Waals surface area contributed by atoms with Crippen molar-refractivity contribution in [3.63, 3.8) is 0 Å². The van der Waals surface area contributed by atoms with E-state index in [1.54, 1.807) is 19.2 Å². The summed E-state index contributed by atoms with van der Waals surface area (Å²) in [6.45, 7) is 0. The SMILES string of the molecule is COc1cccc(NC(=O)c2snnc2-c2ccc(Br)cc2)c1. The standard InChI is InChI=1S/C16H12BrN3O2S/c1-22-13-4-2-3-12(9-13)18-16(21)15-14(19-20-23-15)10-5-7-11(17)8-6-10/h2-9H,1H3,(H,18,21). The summed E-state index contributed by atoms with van der Waals surface area (Å²) < 4.78 is 10.0. The van der Waals surface area contributed by atoms with E-state index >= 15 is 0 Å². The maximum Gasteiger partial charge on any atom is 0.269 e. The van der Waals surface area contributed by atoms with Crippen LogP contribution in [0.2, 0.25) is 0 Å². The number of amides is 1. The molecule has 0 unspecified atom stereocenters. The number of carbonyl (C=O) groups excluding carboxylic acids is 1. The molecule has 5 nitrogen and oxygen atoms in total. The highest BCUT2D eigenvalue weighted by molar-refractivity contribution is 9.10. The molecule has 0 bridgehead atoms. The van der Waals surface area contributed by atoms with Crippen molar-refractivity contribution in [2.24, 2.45) is 0 Å². The van der Waals surface area contributed by atoms with Crippen LogP contribution in [0.3, 0.4) is 0 Å². The largest absolute Gasteiger partial charge is 0.497 e. The molecule has 0 fully saturated rings. The monoisotopic (exact) mass is 389 g/mol. The zero-order chi connectivity index (χ0) is 16.2. The molecule has 0 aliphatic carbocycles. The number of nitrogens with zero attached hydrogens (tertiary/aromatic N) is 2. The Hall–Kier alpha value is -2.25. The molecule has 0 atom stereocenters. The molecular weight excluding hydrogens is 378 g/mol. The third-order valence-corrected chi connectivity index (χ3v) is 4.39. The summed E-state index contributed by atoms with van der Waals surface area (Å²) in [5.41, 5.74) is 2.07. The van der Waals surface area contributed by atoms with Gasteiger partial charge in [0.05, 0.1) is 7.11 Å². The summed E-state index contributed by atoms with van der Waals surface area (Å²) in [7, 11) is 1.58. The normalized spacial score (nSPS) is 10.3. The molecule has 0 saturated heterocycles. The van der Waals surface area contributed by atoms with Crippen molar-refractivity contribution in [2.75, 3.05) is 12.4 Å². The van der Waals surface area contributed by atoms with Crippen LogP contribution in [-0.4, -0.2) is 22.6 Å². The summed E-state index contributed by atoms with van der Waals surface area (Å²) in [6, 6.07) is 14.8. The number of aromatic nitrogens is 2. The van der Waals surface area contributed by atoms with Crippen molar-refractivity contribution < 1.29 is 9.53 Å². The van der Waals surface area contributed by atoms with Gasteiger partial charge in [0.2, 0.25) is 0 Å². The Morgan fingerprint density at radius 1 is 1.22 bits per heavy atom. The fourth-order valence-electron chi connectivity index (χ4n) is 2.02. The van der Waals surface area contributed by atoms with Crippen LogP contribution in [0, 0.1) is 0 Å². The number of methoxy groups -OCH3 is 1. The molecule has 23 heavy (non-hydrogen) atoms. The number of ether oxygens (including phenoxy) is 1. The smallest absolute Gasteiger partial charge is 0.269 e. The van der Waals surface area contributed by atoms with Crippen LogP contribution >= 0.6 is 27.5 Å². The fourth-order valence-corrected chi connectivity index (χ4v) is 2.87. The topological polar surface area (TPSA) is 64.1 Å². The maximum absolute atomic E-state index is 12.5. The lowest BCUT2D eigenvalue weighted by Crippen LogP contribution is -2.11. The van der Waals surface area contributed by atoms with Gasteiger partial charge >= 0.3 is 0 Å². The van der Waals surface area contributed by atoms with Crippen molar-refractivity contribution in [1.82, 2.24) is 9.59 Å². The lowest BCUT2D eigenvalue weighted by atomic mass is 10.1. The summed E-state index contributed by atoms with van der Waals surface area (Å²) >= 11 is 4.46. The predicted molar refractivity (Wildman–Crippen MR) is 94.0 cm³/mol. The third kappa shape index (κ3) is 3.57. The Bertz CT molecular complexity index is 833. The molecular formula is C16H12BrN3O2S. The lowest BCUT2D eigenvalue weighted by molar-refractivity contribution is 0.103. The van der Waals surface area contributed by atoms with Crippen LogP contribution in [0.4, 0.5) is 5.69 Å². The second kappa shape index (κ2) is 6.89. The molecule has 1 amide bonds. The quantitative estimate of drug-likeness (QED) is 0.724. The van der Waals surface area contributed by atoms with Crippen molar-refractivity contribution >= 4 is 39.1 Å². The zero-order valence-electron chi connectivity index (χ0n) is 12.1. The highest BCUT2D eigenvalue weighted by Crippen LogP contribution is 2.26. The predicted octanol–water partition coefficient (Wildman–Crippen LogP) is 4.23. The van der Waals surface area contributed by atoms with E-state index in [1.165, 1.54) is 0 Å². The zero-order valence-corrected chi connectivity index (χ0v) is 14.5. The van der Waals surface area contributed by atoms with Gasteiger partial charge < -0.3 is 10.1 Å². The molecule has 0 saturated carbocycles. The van der Waals surface area contributed by atoms with Crippen LogP contribution in [0.25, 0.3) is 11.3 Å². The minimum atomic E-state index is -0.244. The van der Waals surface area contributed by atoms with Crippen LogP contribution in [-0.2, 0) is 0 Å². The Balaban J connectivity index is 1.86. The molecule has 0 radical (unpaired) electrons. The number of nitrogens with one attached hydrogen (secondary N) is 1. The minimum Gasteiger partial charge on any atom is -0.497 e. The highest BCUT2D eigenvalue weighted by atomic mass is 79.9. The molecule has 0 spiro atoms. The number of hydrogen-bond acceptors (Lipinski definition) is 5. The van der Waals surface area contributed by atoms with Gasteiger partial charge in [0, 0.05) is 21.8 Å². The summed E-state index contributed by atoms with van der Waals surface area (Å²) in [5, 5.41) is 6.92. The number of rotatable bonds is 4. The average molecular weight is 390 g/mol. The van der Waals surface area contributed by atoms with Crippen LogP contribution in [0.15, 0.2) is 53.0 Å². The molecule has 0 aliphatic heterocycles. The lowest BCUT2D eigenvalue weighted by Gasteiger charge is -2.06. The number of benzene rings is 2. The minimum absolute atomic E-state index is 0.244. The molecule has 2 aromatic carbocycles. The first-order valence-electron chi connectivity index (χ1n) is 6.71. The van der Waals surface area contributed by atoms with E-state index in [9.17, 15) is 4.79 Å². The number of anilines is 1. The third-order valence-electron chi connectivity index (χ3n) is 3.14. The first-order valence-corrected chi connectivity index (χ1v) is 8.27. The van der Waals surface area contributed by atoms with Gasteiger partial charge in [0.1, 0.15) is 16.3 Å². The Kier molecular flexibility index (Phi) is 4.68. The average Bonchev–Trinajstić information content (AvgIpc) is 3.05. The number of hydrogen-bond donors (Lipinski definition) is 1. The molecule has 1 N–H and O–H groups in total. The van der Waals surface area contributed by atoms with Gasteiger partial charge in [-0.3, -0.25) is 4.79 Å². The highest BCUT2D eigenvalue weighted by Gasteiger charge is 2.18. The number of carbonyl (C=O) groups is 1. The molecule has 1 aromatic heterocycles. The second-order valence-electron chi connectivity index (χ2n) is 4.64. The van der Waals surface area contributed by atoms with Crippen LogP contribution < -0.4 is 10.1 Å². The van der Waals surface area contributed by atoms with Crippen molar-refractivity contribution in [3.8, 4) is 17.0 Å². The van der Waals surface area contributed by atoms with E-state index in [-0.39, 0.29) is 5.91 Å². The van der Waals surface area contributed by atoms with E-state index in [2.05, 4.69) is 30.8 Å². The molecule has 116 valence electrons. The molecule has 3 rings (SSSR count). The molecule has 1 heterocycles. The van der Waals surface area contributed by atoms with Crippen molar-refractivity contribution in [2.45, 2.75) is 0 Å². The first-order chi connectivity index (χ1) is 11.2. The Labute approximate surface area is 145 Å². The van der Waals surface area contributed by atoms with E-state index in [1.807, 2.05) is 36.4 Å².